The monoisotopic (exact) mass is 265 g/mol. The van der Waals surface area contributed by atoms with Crippen LogP contribution in [-0.4, -0.2) is 20.2 Å². The fourth-order valence-electron chi connectivity index (χ4n) is 1.17. The van der Waals surface area contributed by atoms with Crippen molar-refractivity contribution in [1.82, 2.24) is 0 Å². The van der Waals surface area contributed by atoms with E-state index in [1.54, 1.807) is 0 Å². The second-order valence-electron chi connectivity index (χ2n) is 3.57. The van der Waals surface area contributed by atoms with Crippen molar-refractivity contribution >= 4 is 21.4 Å². The van der Waals surface area contributed by atoms with E-state index in [0.29, 0.717) is 0 Å². The van der Waals surface area contributed by atoms with Crippen LogP contribution in [0.3, 0.4) is 0 Å². The molecule has 0 saturated heterocycles. The summed E-state index contributed by atoms with van der Waals surface area (Å²) in [4.78, 5) is 0. The molecule has 0 heterocycles. The third-order valence-corrected chi connectivity index (χ3v) is 4.76. The summed E-state index contributed by atoms with van der Waals surface area (Å²) in [6.45, 7) is 1.52. The Hall–Kier alpha value is -0.650. The van der Waals surface area contributed by atoms with Crippen LogP contribution in [-0.2, 0) is 15.6 Å². The maximum Gasteiger partial charge on any atom is 0.158 e. The minimum absolute atomic E-state index is 0.0184. The fourth-order valence-corrected chi connectivity index (χ4v) is 2.59. The molecule has 6 heteroatoms. The van der Waals surface area contributed by atoms with Crippen LogP contribution in [0.5, 0.6) is 0 Å². The Kier molecular flexibility index (Phi) is 4.29. The Morgan fingerprint density at radius 2 is 2.12 bits per heavy atom. The van der Waals surface area contributed by atoms with E-state index in [4.69, 9.17) is 17.3 Å². The Bertz CT molecular complexity index is 476. The van der Waals surface area contributed by atoms with Gasteiger partial charge in [-0.3, -0.25) is 0 Å². The number of sulfone groups is 1. The van der Waals surface area contributed by atoms with E-state index < -0.39 is 20.9 Å². The van der Waals surface area contributed by atoms with Gasteiger partial charge in [-0.05, 0) is 13.0 Å². The molecule has 2 N–H and O–H groups in total. The summed E-state index contributed by atoms with van der Waals surface area (Å²) in [6, 6.07) is 4.30. The van der Waals surface area contributed by atoms with Crippen molar-refractivity contribution < 1.29 is 12.8 Å². The number of halogens is 2. The molecular formula is C10H13ClFNO2S. The summed E-state index contributed by atoms with van der Waals surface area (Å²) in [6.07, 6.45) is 0. The molecule has 0 radical (unpaired) electrons. The van der Waals surface area contributed by atoms with Crippen LogP contribution in [0.2, 0.25) is 5.02 Å². The zero-order chi connectivity index (χ0) is 12.3. The molecule has 16 heavy (non-hydrogen) atoms. The molecule has 0 aliphatic rings. The van der Waals surface area contributed by atoms with E-state index in [2.05, 4.69) is 0 Å². The van der Waals surface area contributed by atoms with Crippen molar-refractivity contribution in [2.75, 3.05) is 6.54 Å². The zero-order valence-corrected chi connectivity index (χ0v) is 10.4. The molecule has 1 atom stereocenters. The molecular weight excluding hydrogens is 253 g/mol. The summed E-state index contributed by atoms with van der Waals surface area (Å²) < 4.78 is 36.9. The highest BCUT2D eigenvalue weighted by molar-refractivity contribution is 7.91. The first-order chi connectivity index (χ1) is 7.38. The van der Waals surface area contributed by atoms with Gasteiger partial charge in [-0.25, -0.2) is 12.8 Å². The predicted molar refractivity (Wildman–Crippen MR) is 62.6 cm³/mol. The van der Waals surface area contributed by atoms with Crippen molar-refractivity contribution in [2.24, 2.45) is 5.73 Å². The molecule has 0 fully saturated rings. The summed E-state index contributed by atoms with van der Waals surface area (Å²) >= 11 is 5.56. The lowest BCUT2D eigenvalue weighted by Crippen LogP contribution is -2.28. The molecule has 1 unspecified atom stereocenters. The van der Waals surface area contributed by atoms with Gasteiger partial charge in [0, 0.05) is 12.1 Å². The molecule has 0 bridgehead atoms. The van der Waals surface area contributed by atoms with E-state index in [9.17, 15) is 12.8 Å². The van der Waals surface area contributed by atoms with Crippen LogP contribution >= 0.6 is 11.6 Å². The molecule has 90 valence electrons. The second kappa shape index (κ2) is 5.12. The summed E-state index contributed by atoms with van der Waals surface area (Å²) in [5.74, 6) is -1.06. The molecule has 1 aromatic rings. The lowest BCUT2D eigenvalue weighted by molar-refractivity contribution is 0.577. The van der Waals surface area contributed by atoms with Crippen LogP contribution in [0.1, 0.15) is 12.5 Å². The van der Waals surface area contributed by atoms with E-state index in [1.165, 1.54) is 25.1 Å². The SMILES string of the molecule is CC(CN)S(=O)(=O)Cc1cccc(Cl)c1F. The van der Waals surface area contributed by atoms with Gasteiger partial charge < -0.3 is 5.73 Å². The van der Waals surface area contributed by atoms with Gasteiger partial charge in [0.05, 0.1) is 16.0 Å². The Morgan fingerprint density at radius 3 is 2.69 bits per heavy atom. The first kappa shape index (κ1) is 13.4. The molecule has 3 nitrogen and oxygen atoms in total. The van der Waals surface area contributed by atoms with Crippen LogP contribution in [0.4, 0.5) is 4.39 Å². The highest BCUT2D eigenvalue weighted by Gasteiger charge is 2.22. The van der Waals surface area contributed by atoms with E-state index >= 15 is 0 Å². The largest absolute Gasteiger partial charge is 0.329 e. The van der Waals surface area contributed by atoms with Crippen molar-refractivity contribution in [3.05, 3.63) is 34.6 Å². The van der Waals surface area contributed by atoms with Gasteiger partial charge in [0.15, 0.2) is 9.84 Å². The van der Waals surface area contributed by atoms with Crippen LogP contribution in [0.25, 0.3) is 0 Å². The van der Waals surface area contributed by atoms with Gasteiger partial charge in [-0.2, -0.15) is 0 Å². The summed E-state index contributed by atoms with van der Waals surface area (Å²) in [5, 5.41) is -0.765. The molecule has 1 aromatic carbocycles. The van der Waals surface area contributed by atoms with Gasteiger partial charge >= 0.3 is 0 Å². The maximum atomic E-state index is 13.5. The van der Waals surface area contributed by atoms with Crippen LogP contribution in [0.15, 0.2) is 18.2 Å². The van der Waals surface area contributed by atoms with Gasteiger partial charge in [0.2, 0.25) is 0 Å². The molecule has 0 aliphatic carbocycles. The average Bonchev–Trinajstić information content (AvgIpc) is 2.23. The van der Waals surface area contributed by atoms with Crippen molar-refractivity contribution in [1.29, 1.82) is 0 Å². The number of benzene rings is 1. The smallest absolute Gasteiger partial charge is 0.158 e. The second-order valence-corrected chi connectivity index (χ2v) is 6.39. The van der Waals surface area contributed by atoms with Gasteiger partial charge in [0.25, 0.3) is 0 Å². The van der Waals surface area contributed by atoms with Crippen LogP contribution in [0, 0.1) is 5.82 Å². The minimum Gasteiger partial charge on any atom is -0.329 e. The molecule has 0 amide bonds. The Morgan fingerprint density at radius 1 is 1.50 bits per heavy atom. The lowest BCUT2D eigenvalue weighted by atomic mass is 10.2. The quantitative estimate of drug-likeness (QED) is 0.902. The third-order valence-electron chi connectivity index (χ3n) is 2.33. The van der Waals surface area contributed by atoms with E-state index in [-0.39, 0.29) is 22.9 Å². The normalized spacial score (nSPS) is 13.8. The van der Waals surface area contributed by atoms with Gasteiger partial charge in [-0.1, -0.05) is 23.7 Å². The number of hydrogen-bond donors (Lipinski definition) is 1. The average molecular weight is 266 g/mol. The topological polar surface area (TPSA) is 60.2 Å². The molecule has 0 aromatic heterocycles. The zero-order valence-electron chi connectivity index (χ0n) is 8.78. The van der Waals surface area contributed by atoms with Crippen molar-refractivity contribution in [2.45, 2.75) is 17.9 Å². The highest BCUT2D eigenvalue weighted by Crippen LogP contribution is 2.20. The van der Waals surface area contributed by atoms with Crippen molar-refractivity contribution in [3.63, 3.8) is 0 Å². The fraction of sp³-hybridized carbons (Fsp3) is 0.400. The molecule has 0 aliphatic heterocycles. The minimum atomic E-state index is -3.43. The van der Waals surface area contributed by atoms with Gasteiger partial charge in [-0.15, -0.1) is 0 Å². The summed E-state index contributed by atoms with van der Waals surface area (Å²) in [7, 11) is -3.43. The van der Waals surface area contributed by atoms with Crippen molar-refractivity contribution in [3.8, 4) is 0 Å². The molecule has 1 rings (SSSR count). The van der Waals surface area contributed by atoms with E-state index in [0.717, 1.165) is 0 Å². The molecule has 0 saturated carbocycles. The number of hydrogen-bond acceptors (Lipinski definition) is 3. The Labute approximate surface area is 99.3 Å². The van der Waals surface area contributed by atoms with E-state index in [1.807, 2.05) is 0 Å². The predicted octanol–water partition coefficient (Wildman–Crippen LogP) is 1.74. The standard InChI is InChI=1S/C10H13ClFNO2S/c1-7(5-13)16(14,15)6-8-3-2-4-9(11)10(8)12/h2-4,7H,5-6,13H2,1H3. The first-order valence-electron chi connectivity index (χ1n) is 4.73. The number of nitrogens with two attached hydrogens (primary N) is 1. The lowest BCUT2D eigenvalue weighted by Gasteiger charge is -2.11. The maximum absolute atomic E-state index is 13.5. The number of rotatable bonds is 4. The van der Waals surface area contributed by atoms with Crippen LogP contribution < -0.4 is 5.73 Å². The Balaban J connectivity index is 3.02. The third kappa shape index (κ3) is 2.93. The highest BCUT2D eigenvalue weighted by atomic mass is 35.5. The van der Waals surface area contributed by atoms with Gasteiger partial charge in [0.1, 0.15) is 5.82 Å². The first-order valence-corrected chi connectivity index (χ1v) is 6.82. The summed E-state index contributed by atoms with van der Waals surface area (Å²) in [5.41, 5.74) is 5.36. The molecule has 0 spiro atoms.